The van der Waals surface area contributed by atoms with Crippen LogP contribution < -0.4 is 4.74 Å². The standard InChI is InChI=1S/C10H12O2.C9H12O2.C4H10O2.6CH4/c1-8(11)10-5-3-9(4-6-10)7-12-2;1-10-7-8-3-5-9(11-2)6-4-8;1-5-3-4-6-2;;;;;;/h3-6H,7H2,1-2H3;3-6H,7H2,1-2H3;3-4H2,1-2H3;6*1H4. The Morgan fingerprint density at radius 3 is 1.17 bits per heavy atom. The third-order valence-corrected chi connectivity index (χ3v) is 3.63. The van der Waals surface area contributed by atoms with Gasteiger partial charge in [-0.2, -0.15) is 0 Å². The van der Waals surface area contributed by atoms with E-state index in [1.54, 1.807) is 42.5 Å². The summed E-state index contributed by atoms with van der Waals surface area (Å²) in [7, 11) is 8.30. The number of hydrogen-bond donors (Lipinski definition) is 0. The molecule has 2 aromatic carbocycles. The van der Waals surface area contributed by atoms with Crippen LogP contribution in [-0.2, 0) is 32.2 Å². The maximum Gasteiger partial charge on any atom is 0.159 e. The molecular formula is C29H58O6. The molecule has 2 aromatic rings. The normalized spacial score (nSPS) is 7.94. The van der Waals surface area contributed by atoms with Crippen molar-refractivity contribution in [3.63, 3.8) is 0 Å². The van der Waals surface area contributed by atoms with E-state index in [2.05, 4.69) is 9.47 Å². The molecule has 0 radical (unpaired) electrons. The summed E-state index contributed by atoms with van der Waals surface area (Å²) in [5, 5.41) is 0. The second-order valence-corrected chi connectivity index (χ2v) is 5.95. The number of rotatable bonds is 9. The van der Waals surface area contributed by atoms with Crippen molar-refractivity contribution < 1.29 is 28.5 Å². The van der Waals surface area contributed by atoms with E-state index in [1.165, 1.54) is 0 Å². The van der Waals surface area contributed by atoms with Gasteiger partial charge in [0.2, 0.25) is 0 Å². The van der Waals surface area contributed by atoms with E-state index in [9.17, 15) is 4.79 Å². The minimum Gasteiger partial charge on any atom is -0.497 e. The number of carbonyl (C=O) groups excluding carboxylic acids is 1. The van der Waals surface area contributed by atoms with Gasteiger partial charge in [0, 0.05) is 34.0 Å². The van der Waals surface area contributed by atoms with Crippen molar-refractivity contribution in [2.75, 3.05) is 48.8 Å². The molecular weight excluding hydrogens is 444 g/mol. The highest BCUT2D eigenvalue weighted by Gasteiger charge is 1.97. The Kier molecular flexibility index (Phi) is 48.3. The van der Waals surface area contributed by atoms with Gasteiger partial charge in [0.15, 0.2) is 5.78 Å². The zero-order valence-corrected chi connectivity index (χ0v) is 18.4. The van der Waals surface area contributed by atoms with E-state index in [4.69, 9.17) is 14.2 Å². The first-order valence-electron chi connectivity index (χ1n) is 9.20. The molecule has 0 unspecified atom stereocenters. The molecule has 0 aliphatic carbocycles. The lowest BCUT2D eigenvalue weighted by Gasteiger charge is -2.01. The largest absolute Gasteiger partial charge is 0.497 e. The molecule has 0 amide bonds. The number of ketones is 1. The molecule has 0 aliphatic heterocycles. The summed E-state index contributed by atoms with van der Waals surface area (Å²) in [5.74, 6) is 0.976. The number of benzene rings is 2. The smallest absolute Gasteiger partial charge is 0.159 e. The average molecular weight is 503 g/mol. The van der Waals surface area contributed by atoms with E-state index in [1.807, 2.05) is 48.5 Å². The van der Waals surface area contributed by atoms with Crippen molar-refractivity contribution in [2.24, 2.45) is 0 Å². The van der Waals surface area contributed by atoms with Crippen molar-refractivity contribution in [1.82, 2.24) is 0 Å². The zero-order chi connectivity index (χ0) is 21.9. The summed E-state index contributed by atoms with van der Waals surface area (Å²) in [6.45, 7) is 4.19. The SMILES string of the molecule is C.C.C.C.C.C.COCCOC.COCc1ccc(C(C)=O)cc1.COCc1ccc(OC)cc1. The summed E-state index contributed by atoms with van der Waals surface area (Å²) in [6, 6.07) is 15.3. The number of methoxy groups -OCH3 is 5. The molecule has 0 fully saturated rings. The lowest BCUT2D eigenvalue weighted by Crippen LogP contribution is -1.96. The van der Waals surface area contributed by atoms with E-state index < -0.39 is 0 Å². The van der Waals surface area contributed by atoms with Crippen molar-refractivity contribution in [1.29, 1.82) is 0 Å². The van der Waals surface area contributed by atoms with Crippen LogP contribution in [-0.4, -0.2) is 54.5 Å². The van der Waals surface area contributed by atoms with Gasteiger partial charge >= 0.3 is 0 Å². The average Bonchev–Trinajstić information content (AvgIpc) is 2.74. The number of carbonyl (C=O) groups is 1. The lowest BCUT2D eigenvalue weighted by molar-refractivity contribution is 0.101. The minimum absolute atomic E-state index is 0. The van der Waals surface area contributed by atoms with Gasteiger partial charge < -0.3 is 23.7 Å². The Morgan fingerprint density at radius 2 is 0.914 bits per heavy atom. The summed E-state index contributed by atoms with van der Waals surface area (Å²) in [5.41, 5.74) is 2.99. The van der Waals surface area contributed by atoms with Gasteiger partial charge in [0.25, 0.3) is 0 Å². The summed E-state index contributed by atoms with van der Waals surface area (Å²) >= 11 is 0. The third kappa shape index (κ3) is 26.2. The fourth-order valence-corrected chi connectivity index (χ4v) is 2.06. The van der Waals surface area contributed by atoms with Gasteiger partial charge in [-0.15, -0.1) is 0 Å². The molecule has 0 aliphatic rings. The predicted molar refractivity (Wildman–Crippen MR) is 155 cm³/mol. The highest BCUT2D eigenvalue weighted by Crippen LogP contribution is 2.11. The third-order valence-electron chi connectivity index (χ3n) is 3.63. The number of hydrogen-bond acceptors (Lipinski definition) is 6. The van der Waals surface area contributed by atoms with E-state index in [0.717, 1.165) is 22.4 Å². The van der Waals surface area contributed by atoms with E-state index >= 15 is 0 Å². The highest BCUT2D eigenvalue weighted by molar-refractivity contribution is 5.93. The lowest BCUT2D eigenvalue weighted by atomic mass is 10.1. The van der Waals surface area contributed by atoms with Crippen LogP contribution in [0.4, 0.5) is 0 Å². The first-order valence-corrected chi connectivity index (χ1v) is 9.20. The van der Waals surface area contributed by atoms with Crippen LogP contribution in [0.2, 0.25) is 0 Å². The molecule has 0 saturated carbocycles. The fourth-order valence-electron chi connectivity index (χ4n) is 2.06. The van der Waals surface area contributed by atoms with Gasteiger partial charge in [0.05, 0.1) is 33.5 Å². The van der Waals surface area contributed by atoms with Gasteiger partial charge in [-0.3, -0.25) is 4.79 Å². The topological polar surface area (TPSA) is 63.2 Å². The van der Waals surface area contributed by atoms with Crippen molar-refractivity contribution >= 4 is 5.78 Å². The van der Waals surface area contributed by atoms with Gasteiger partial charge in [-0.1, -0.05) is 81.0 Å². The van der Waals surface area contributed by atoms with E-state index in [0.29, 0.717) is 26.4 Å². The Labute approximate surface area is 218 Å². The van der Waals surface area contributed by atoms with E-state index in [-0.39, 0.29) is 50.3 Å². The molecule has 0 spiro atoms. The van der Waals surface area contributed by atoms with Crippen LogP contribution in [0.3, 0.4) is 0 Å². The van der Waals surface area contributed by atoms with Crippen molar-refractivity contribution in [3.8, 4) is 5.75 Å². The number of ether oxygens (including phenoxy) is 5. The van der Waals surface area contributed by atoms with Crippen LogP contribution in [0.25, 0.3) is 0 Å². The maximum absolute atomic E-state index is 10.9. The predicted octanol–water partition coefficient (Wildman–Crippen LogP) is 7.97. The van der Waals surface area contributed by atoms with Crippen molar-refractivity contribution in [2.45, 2.75) is 64.7 Å². The first-order chi connectivity index (χ1) is 14.0. The second-order valence-electron chi connectivity index (χ2n) is 5.95. The monoisotopic (exact) mass is 502 g/mol. The maximum atomic E-state index is 10.9. The van der Waals surface area contributed by atoms with Crippen LogP contribution in [0.1, 0.15) is 73.0 Å². The molecule has 6 heteroatoms. The number of Topliss-reactive ketones (excluding diaryl/α,β-unsaturated/α-hetero) is 1. The highest BCUT2D eigenvalue weighted by atomic mass is 16.5. The summed E-state index contributed by atoms with van der Waals surface area (Å²) in [6.07, 6.45) is 0. The molecule has 0 heterocycles. The molecule has 0 aromatic heterocycles. The van der Waals surface area contributed by atoms with Crippen LogP contribution >= 0.6 is 0 Å². The van der Waals surface area contributed by atoms with Gasteiger partial charge in [0.1, 0.15) is 5.75 Å². The quantitative estimate of drug-likeness (QED) is 0.256. The molecule has 0 N–H and O–H groups in total. The van der Waals surface area contributed by atoms with Gasteiger partial charge in [-0.25, -0.2) is 0 Å². The van der Waals surface area contributed by atoms with Crippen LogP contribution in [0.15, 0.2) is 48.5 Å². The summed E-state index contributed by atoms with van der Waals surface area (Å²) < 4.78 is 24.2. The Hall–Kier alpha value is -2.25. The molecule has 210 valence electrons. The summed E-state index contributed by atoms with van der Waals surface area (Å²) in [4.78, 5) is 10.9. The van der Waals surface area contributed by atoms with Crippen molar-refractivity contribution in [3.05, 3.63) is 65.2 Å². The van der Waals surface area contributed by atoms with Gasteiger partial charge in [-0.05, 0) is 30.2 Å². The Morgan fingerprint density at radius 1 is 0.571 bits per heavy atom. The minimum atomic E-state index is 0. The first kappa shape index (κ1) is 49.8. The molecule has 0 saturated heterocycles. The Bertz CT molecular complexity index is 635. The molecule has 0 bridgehead atoms. The molecule has 6 nitrogen and oxygen atoms in total. The molecule has 2 rings (SSSR count). The van der Waals surface area contributed by atoms with Crippen LogP contribution in [0, 0.1) is 0 Å². The Balaban J connectivity index is -0.0000000645. The molecule has 0 atom stereocenters. The fraction of sp³-hybridized carbons (Fsp3) is 0.552. The molecule has 35 heavy (non-hydrogen) atoms. The zero-order valence-electron chi connectivity index (χ0n) is 18.4. The second kappa shape index (κ2) is 33.9. The van der Waals surface area contributed by atoms with Crippen LogP contribution in [0.5, 0.6) is 5.75 Å².